The number of H-pyrrole nitrogens is 1. The predicted molar refractivity (Wildman–Crippen MR) is 65.2 cm³/mol. The van der Waals surface area contributed by atoms with Crippen molar-refractivity contribution in [1.29, 1.82) is 0 Å². The van der Waals surface area contributed by atoms with Crippen LogP contribution in [0.25, 0.3) is 4.96 Å². The second kappa shape index (κ2) is 4.23. The minimum Gasteiger partial charge on any atom is -0.296 e. The fraction of sp³-hybridized carbons (Fsp3) is 0.667. The number of nitrogens with zero attached hydrogens (tertiary/aromatic N) is 4. The Morgan fingerprint density at radius 3 is 2.88 bits per heavy atom. The smallest absolute Gasteiger partial charge is 0.233 e. The number of fused-ring (bicyclic) bond motifs is 1. The van der Waals surface area contributed by atoms with Gasteiger partial charge in [0, 0.05) is 0 Å². The molecule has 2 aromatic rings. The molecule has 0 unspecified atom stereocenters. The number of nitrogens with one attached hydrogen (secondary N) is 1. The van der Waals surface area contributed by atoms with Gasteiger partial charge in [-0.3, -0.25) is 10.00 Å². The molecule has 2 aromatic heterocycles. The zero-order chi connectivity index (χ0) is 11.0. The molecule has 7 heteroatoms. The van der Waals surface area contributed by atoms with Crippen LogP contribution in [-0.4, -0.2) is 37.8 Å². The van der Waals surface area contributed by atoms with Gasteiger partial charge in [-0.2, -0.15) is 0 Å². The molecule has 0 bridgehead atoms. The number of aromatic nitrogens is 4. The number of aromatic amines is 1. The first kappa shape index (κ1) is 10.4. The second-order valence-electron chi connectivity index (χ2n) is 4.07. The van der Waals surface area contributed by atoms with Crippen molar-refractivity contribution < 1.29 is 0 Å². The van der Waals surface area contributed by atoms with Gasteiger partial charge in [-0.15, -0.1) is 10.2 Å². The Bertz CT molecular complexity index is 533. The zero-order valence-corrected chi connectivity index (χ0v) is 10.5. The lowest BCUT2D eigenvalue weighted by Crippen LogP contribution is -2.30. The summed E-state index contributed by atoms with van der Waals surface area (Å²) >= 11 is 6.56. The molecule has 86 valence electrons. The Morgan fingerprint density at radius 1 is 1.25 bits per heavy atom. The zero-order valence-electron chi connectivity index (χ0n) is 8.85. The lowest BCUT2D eigenvalue weighted by atomic mass is 10.1. The normalized spacial score (nSPS) is 18.2. The fourth-order valence-corrected chi connectivity index (χ4v) is 3.04. The third-order valence-electron chi connectivity index (χ3n) is 2.90. The molecule has 0 saturated carbocycles. The van der Waals surface area contributed by atoms with Crippen LogP contribution >= 0.6 is 23.6 Å². The Morgan fingerprint density at radius 2 is 2.06 bits per heavy atom. The van der Waals surface area contributed by atoms with Crippen molar-refractivity contribution in [2.24, 2.45) is 0 Å². The van der Waals surface area contributed by atoms with E-state index >= 15 is 0 Å². The van der Waals surface area contributed by atoms with Crippen molar-refractivity contribution in [3.8, 4) is 0 Å². The van der Waals surface area contributed by atoms with E-state index in [2.05, 4.69) is 20.2 Å². The number of piperidine rings is 1. The summed E-state index contributed by atoms with van der Waals surface area (Å²) in [4.78, 5) is 3.28. The van der Waals surface area contributed by atoms with Gasteiger partial charge in [0.2, 0.25) is 4.96 Å². The van der Waals surface area contributed by atoms with Crippen LogP contribution in [0, 0.1) is 3.95 Å². The lowest BCUT2D eigenvalue weighted by molar-refractivity contribution is 0.214. The van der Waals surface area contributed by atoms with Crippen LogP contribution in [-0.2, 0) is 6.54 Å². The average molecular weight is 255 g/mol. The van der Waals surface area contributed by atoms with Crippen LogP contribution in [0.3, 0.4) is 0 Å². The highest BCUT2D eigenvalue weighted by Gasteiger charge is 2.14. The van der Waals surface area contributed by atoms with Crippen LogP contribution in [0.4, 0.5) is 0 Å². The Hall–Kier alpha value is -0.790. The van der Waals surface area contributed by atoms with Crippen molar-refractivity contribution in [2.45, 2.75) is 25.8 Å². The molecule has 3 heterocycles. The summed E-state index contributed by atoms with van der Waals surface area (Å²) < 4.78 is 2.66. The first-order chi connectivity index (χ1) is 7.83. The molecular formula is C9H13N5S2. The average Bonchev–Trinajstić information content (AvgIpc) is 2.81. The van der Waals surface area contributed by atoms with Crippen molar-refractivity contribution in [3.05, 3.63) is 9.78 Å². The SMILES string of the molecule is S=c1[nH]n2c(CN3CCCCC3)nnc2s1. The number of likely N-dealkylation sites (tertiary alicyclic amines) is 1. The summed E-state index contributed by atoms with van der Waals surface area (Å²) in [5.41, 5.74) is 0. The van der Waals surface area contributed by atoms with Crippen molar-refractivity contribution in [2.75, 3.05) is 13.1 Å². The van der Waals surface area contributed by atoms with Crippen LogP contribution in [0.1, 0.15) is 25.1 Å². The molecule has 1 aliphatic heterocycles. The van der Waals surface area contributed by atoms with E-state index in [0.29, 0.717) is 0 Å². The highest BCUT2D eigenvalue weighted by Crippen LogP contribution is 2.14. The molecule has 16 heavy (non-hydrogen) atoms. The van der Waals surface area contributed by atoms with Crippen molar-refractivity contribution in [3.63, 3.8) is 0 Å². The number of hydrogen-bond acceptors (Lipinski definition) is 5. The van der Waals surface area contributed by atoms with Gasteiger partial charge >= 0.3 is 0 Å². The highest BCUT2D eigenvalue weighted by atomic mass is 32.1. The van der Waals surface area contributed by atoms with Gasteiger partial charge in [0.25, 0.3) is 0 Å². The van der Waals surface area contributed by atoms with Crippen LogP contribution in [0.2, 0.25) is 0 Å². The minimum absolute atomic E-state index is 0.754. The maximum atomic E-state index is 5.09. The third kappa shape index (κ3) is 1.90. The third-order valence-corrected chi connectivity index (χ3v) is 3.97. The van der Waals surface area contributed by atoms with E-state index in [9.17, 15) is 0 Å². The largest absolute Gasteiger partial charge is 0.296 e. The van der Waals surface area contributed by atoms with Crippen LogP contribution in [0.5, 0.6) is 0 Å². The summed E-state index contributed by atoms with van der Waals surface area (Å²) in [5.74, 6) is 0.962. The Balaban J connectivity index is 1.84. The molecule has 0 amide bonds. The predicted octanol–water partition coefficient (Wildman–Crippen LogP) is 1.83. The van der Waals surface area contributed by atoms with Gasteiger partial charge in [-0.05, 0) is 38.1 Å². The highest BCUT2D eigenvalue weighted by molar-refractivity contribution is 7.73. The fourth-order valence-electron chi connectivity index (χ4n) is 2.10. The Labute approximate surface area is 102 Å². The lowest BCUT2D eigenvalue weighted by Gasteiger charge is -2.25. The molecule has 0 aliphatic carbocycles. The topological polar surface area (TPSA) is 49.2 Å². The molecular weight excluding hydrogens is 242 g/mol. The molecule has 0 aromatic carbocycles. The Kier molecular flexibility index (Phi) is 2.74. The second-order valence-corrected chi connectivity index (χ2v) is 5.72. The van der Waals surface area contributed by atoms with Crippen LogP contribution in [0.15, 0.2) is 0 Å². The van der Waals surface area contributed by atoms with Gasteiger partial charge < -0.3 is 0 Å². The molecule has 0 radical (unpaired) electrons. The summed E-state index contributed by atoms with van der Waals surface area (Å²) in [6.07, 6.45) is 3.94. The summed E-state index contributed by atoms with van der Waals surface area (Å²) in [6, 6.07) is 0. The minimum atomic E-state index is 0.754. The van der Waals surface area contributed by atoms with Gasteiger partial charge in [-0.1, -0.05) is 17.8 Å². The number of rotatable bonds is 2. The van der Waals surface area contributed by atoms with E-state index in [0.717, 1.165) is 21.3 Å². The summed E-state index contributed by atoms with van der Waals surface area (Å²) in [5, 5.41) is 11.4. The molecule has 1 aliphatic rings. The standard InChI is InChI=1S/C9H13N5S2/c15-9-12-14-7(10-11-8(14)16-9)6-13-4-2-1-3-5-13/h1-6H2,(H,12,15). The monoisotopic (exact) mass is 255 g/mol. The molecule has 1 fully saturated rings. The quantitative estimate of drug-likeness (QED) is 0.832. The van der Waals surface area contributed by atoms with Gasteiger partial charge in [0.1, 0.15) is 0 Å². The van der Waals surface area contributed by atoms with Crippen molar-refractivity contribution >= 4 is 28.5 Å². The first-order valence-electron chi connectivity index (χ1n) is 5.48. The number of hydrogen-bond donors (Lipinski definition) is 1. The molecule has 0 spiro atoms. The maximum Gasteiger partial charge on any atom is 0.233 e. The molecule has 1 saturated heterocycles. The van der Waals surface area contributed by atoms with Gasteiger partial charge in [0.15, 0.2) is 9.78 Å². The van der Waals surface area contributed by atoms with E-state index in [4.69, 9.17) is 12.2 Å². The molecule has 5 nitrogen and oxygen atoms in total. The van der Waals surface area contributed by atoms with Crippen LogP contribution < -0.4 is 0 Å². The molecule has 0 atom stereocenters. The van der Waals surface area contributed by atoms with Gasteiger partial charge in [-0.25, -0.2) is 4.52 Å². The van der Waals surface area contributed by atoms with Crippen molar-refractivity contribution in [1.82, 2.24) is 24.7 Å². The first-order valence-corrected chi connectivity index (χ1v) is 6.71. The van der Waals surface area contributed by atoms with Gasteiger partial charge in [0.05, 0.1) is 6.54 Å². The molecule has 3 rings (SSSR count). The van der Waals surface area contributed by atoms with E-state index in [-0.39, 0.29) is 0 Å². The maximum absolute atomic E-state index is 5.09. The summed E-state index contributed by atoms with van der Waals surface area (Å²) in [6.45, 7) is 3.20. The van der Waals surface area contributed by atoms with E-state index in [1.807, 2.05) is 4.52 Å². The van der Waals surface area contributed by atoms with E-state index in [1.165, 1.54) is 43.7 Å². The van der Waals surface area contributed by atoms with E-state index in [1.54, 1.807) is 0 Å². The summed E-state index contributed by atoms with van der Waals surface area (Å²) in [7, 11) is 0. The molecule has 1 N–H and O–H groups in total. The van der Waals surface area contributed by atoms with E-state index < -0.39 is 0 Å².